The molecule has 0 fully saturated rings. The number of nitriles is 1. The third-order valence-corrected chi connectivity index (χ3v) is 3.95. The second-order valence-electron chi connectivity index (χ2n) is 4.29. The van der Waals surface area contributed by atoms with Gasteiger partial charge in [0, 0.05) is 11.6 Å². The molecule has 0 bridgehead atoms. The maximum Gasteiger partial charge on any atom is 0.274 e. The van der Waals surface area contributed by atoms with E-state index in [1.54, 1.807) is 6.07 Å². The predicted molar refractivity (Wildman–Crippen MR) is 81.8 cm³/mol. The minimum absolute atomic E-state index is 0.0403. The van der Waals surface area contributed by atoms with Crippen LogP contribution in [0.5, 0.6) is 5.75 Å². The summed E-state index contributed by atoms with van der Waals surface area (Å²) in [5, 5.41) is 30.5. The molecule has 9 nitrogen and oxygen atoms in total. The Morgan fingerprint density at radius 2 is 2.09 bits per heavy atom. The topological polar surface area (TPSA) is 165 Å². The molecule has 0 amide bonds. The van der Waals surface area contributed by atoms with Gasteiger partial charge in [-0.3, -0.25) is 10.1 Å². The minimum atomic E-state index is -0.608. The number of nitrogens with zero attached hydrogens (tertiary/aromatic N) is 4. The van der Waals surface area contributed by atoms with Crippen LogP contribution < -0.4 is 11.5 Å². The van der Waals surface area contributed by atoms with E-state index in [-0.39, 0.29) is 50.1 Å². The number of nitro benzene ring substituents is 1. The maximum absolute atomic E-state index is 11.1. The quantitative estimate of drug-likeness (QED) is 0.536. The molecule has 0 spiro atoms. The number of aromatic nitrogens is 2. The number of halogens is 1. The van der Waals surface area contributed by atoms with Crippen LogP contribution in [-0.4, -0.2) is 20.0 Å². The first-order valence-electron chi connectivity index (χ1n) is 5.77. The van der Waals surface area contributed by atoms with E-state index < -0.39 is 4.92 Å². The fourth-order valence-electron chi connectivity index (χ4n) is 1.89. The molecule has 0 aliphatic rings. The highest BCUT2D eigenvalue weighted by Gasteiger charge is 2.24. The summed E-state index contributed by atoms with van der Waals surface area (Å²) in [6.45, 7) is 1.47. The lowest BCUT2D eigenvalue weighted by atomic mass is 10.0. The number of hydrogen-bond acceptors (Lipinski definition) is 8. The summed E-state index contributed by atoms with van der Waals surface area (Å²) in [4.78, 5) is 18.0. The average molecular weight is 365 g/mol. The number of anilines is 2. The molecule has 0 radical (unpaired) electrons. The van der Waals surface area contributed by atoms with Crippen molar-refractivity contribution in [3.05, 3.63) is 31.8 Å². The Balaban J connectivity index is 2.90. The smallest absolute Gasteiger partial charge is 0.274 e. The van der Waals surface area contributed by atoms with Crippen molar-refractivity contribution in [2.75, 3.05) is 11.5 Å². The summed E-state index contributed by atoms with van der Waals surface area (Å²) in [5.41, 5.74) is 10.8. The summed E-state index contributed by atoms with van der Waals surface area (Å²) >= 11 is 3.09. The number of nitrogen functional groups attached to an aromatic ring is 2. The molecule has 112 valence electrons. The van der Waals surface area contributed by atoms with E-state index >= 15 is 0 Å². The molecule has 22 heavy (non-hydrogen) atoms. The van der Waals surface area contributed by atoms with Crippen LogP contribution in [0.3, 0.4) is 0 Å². The second-order valence-corrected chi connectivity index (χ2v) is 5.08. The van der Waals surface area contributed by atoms with Crippen LogP contribution >= 0.6 is 15.9 Å². The Hall–Kier alpha value is -2.93. The van der Waals surface area contributed by atoms with E-state index in [4.69, 9.17) is 16.7 Å². The zero-order valence-electron chi connectivity index (χ0n) is 11.2. The fourth-order valence-corrected chi connectivity index (χ4v) is 2.31. The van der Waals surface area contributed by atoms with Gasteiger partial charge in [0.2, 0.25) is 5.95 Å². The molecule has 0 aliphatic heterocycles. The van der Waals surface area contributed by atoms with Crippen LogP contribution in [0, 0.1) is 28.4 Å². The monoisotopic (exact) mass is 364 g/mol. The van der Waals surface area contributed by atoms with Crippen molar-refractivity contribution in [2.24, 2.45) is 0 Å². The van der Waals surface area contributed by atoms with Gasteiger partial charge in [-0.1, -0.05) is 0 Å². The lowest BCUT2D eigenvalue weighted by Crippen LogP contribution is -2.05. The molecule has 2 rings (SSSR count). The average Bonchev–Trinajstić information content (AvgIpc) is 2.44. The van der Waals surface area contributed by atoms with Crippen molar-refractivity contribution in [1.29, 1.82) is 5.26 Å². The van der Waals surface area contributed by atoms with E-state index in [9.17, 15) is 15.2 Å². The van der Waals surface area contributed by atoms with Crippen LogP contribution in [0.4, 0.5) is 17.5 Å². The Bertz CT molecular complexity index is 846. The highest BCUT2D eigenvalue weighted by Crippen LogP contribution is 2.42. The van der Waals surface area contributed by atoms with Crippen molar-refractivity contribution >= 4 is 33.4 Å². The number of rotatable bonds is 2. The fraction of sp³-hybridized carbons (Fsp3) is 0.0833. The van der Waals surface area contributed by atoms with E-state index in [0.29, 0.717) is 0 Å². The van der Waals surface area contributed by atoms with Crippen LogP contribution in [0.2, 0.25) is 0 Å². The van der Waals surface area contributed by atoms with Crippen molar-refractivity contribution in [3.63, 3.8) is 0 Å². The number of hydrogen-bond donors (Lipinski definition) is 3. The lowest BCUT2D eigenvalue weighted by molar-refractivity contribution is -0.385. The van der Waals surface area contributed by atoms with E-state index in [1.807, 2.05) is 0 Å². The third-order valence-electron chi connectivity index (χ3n) is 2.98. The molecule has 0 atom stereocenters. The Labute approximate surface area is 132 Å². The van der Waals surface area contributed by atoms with Gasteiger partial charge in [0.25, 0.3) is 5.69 Å². The minimum Gasteiger partial charge on any atom is -0.506 e. The summed E-state index contributed by atoms with van der Waals surface area (Å²) < 4.78 is 0.122. The third kappa shape index (κ3) is 2.38. The first-order valence-corrected chi connectivity index (χ1v) is 6.57. The van der Waals surface area contributed by atoms with Gasteiger partial charge >= 0.3 is 0 Å². The van der Waals surface area contributed by atoms with E-state index in [1.165, 1.54) is 6.92 Å². The van der Waals surface area contributed by atoms with E-state index in [2.05, 4.69) is 25.9 Å². The molecule has 5 N–H and O–H groups in total. The van der Waals surface area contributed by atoms with Crippen LogP contribution in [0.25, 0.3) is 11.3 Å². The van der Waals surface area contributed by atoms with Gasteiger partial charge in [0.15, 0.2) is 0 Å². The zero-order valence-corrected chi connectivity index (χ0v) is 12.7. The lowest BCUT2D eigenvalue weighted by Gasteiger charge is -2.11. The highest BCUT2D eigenvalue weighted by atomic mass is 79.9. The Morgan fingerprint density at radius 3 is 2.64 bits per heavy atom. The van der Waals surface area contributed by atoms with E-state index in [0.717, 1.165) is 6.07 Å². The number of phenols is 1. The zero-order chi connectivity index (χ0) is 16.6. The molecular weight excluding hydrogens is 356 g/mol. The SMILES string of the molecule is Cc1c([N+](=O)[O-])cc(-c2nc(N)nc(N)c2C#N)c(O)c1Br. The standard InChI is InChI=1S/C12H9BrN6O3/c1-4-7(19(21)22)2-5(10(20)8(4)13)9-6(3-14)11(15)18-12(16)17-9/h2,20H,1H3,(H4,15,16,17,18). The molecule has 10 heteroatoms. The summed E-state index contributed by atoms with van der Waals surface area (Å²) in [6.07, 6.45) is 0. The molecule has 1 heterocycles. The first-order chi connectivity index (χ1) is 10.3. The largest absolute Gasteiger partial charge is 0.506 e. The number of aromatic hydroxyl groups is 1. The molecule has 0 unspecified atom stereocenters. The van der Waals surface area contributed by atoms with Crippen molar-refractivity contribution in [3.8, 4) is 23.1 Å². The van der Waals surface area contributed by atoms with Crippen LogP contribution in [0.15, 0.2) is 10.5 Å². The van der Waals surface area contributed by atoms with Gasteiger partial charge in [-0.25, -0.2) is 4.98 Å². The number of nitro groups is 1. The Morgan fingerprint density at radius 1 is 1.45 bits per heavy atom. The molecule has 1 aromatic heterocycles. The van der Waals surface area contributed by atoms with Gasteiger partial charge < -0.3 is 16.6 Å². The first kappa shape index (κ1) is 15.5. The normalized spacial score (nSPS) is 10.2. The molecule has 0 saturated heterocycles. The summed E-state index contributed by atoms with van der Waals surface area (Å²) in [7, 11) is 0. The predicted octanol–water partition coefficient (Wildman–Crippen LogP) is 1.86. The molecule has 0 aliphatic carbocycles. The number of nitrogens with two attached hydrogens (primary N) is 2. The van der Waals surface area contributed by atoms with Gasteiger partial charge in [0.05, 0.1) is 20.7 Å². The number of phenolic OH excluding ortho intramolecular Hbond substituents is 1. The van der Waals surface area contributed by atoms with Gasteiger partial charge in [-0.05, 0) is 22.9 Å². The summed E-state index contributed by atoms with van der Waals surface area (Å²) in [6, 6.07) is 2.91. The highest BCUT2D eigenvalue weighted by molar-refractivity contribution is 9.10. The van der Waals surface area contributed by atoms with Crippen molar-refractivity contribution < 1.29 is 10.0 Å². The van der Waals surface area contributed by atoms with Crippen LogP contribution in [0.1, 0.15) is 11.1 Å². The molecular formula is C12H9BrN6O3. The summed E-state index contributed by atoms with van der Waals surface area (Å²) in [5.74, 6) is -0.703. The van der Waals surface area contributed by atoms with Gasteiger partial charge in [0.1, 0.15) is 23.2 Å². The van der Waals surface area contributed by atoms with Crippen molar-refractivity contribution in [2.45, 2.75) is 6.92 Å². The molecule has 0 saturated carbocycles. The van der Waals surface area contributed by atoms with Gasteiger partial charge in [-0.15, -0.1) is 0 Å². The number of benzene rings is 1. The van der Waals surface area contributed by atoms with Crippen molar-refractivity contribution in [1.82, 2.24) is 9.97 Å². The molecule has 1 aromatic carbocycles. The molecule has 2 aromatic rings. The maximum atomic E-state index is 11.1. The Kier molecular flexibility index (Phi) is 3.83. The van der Waals surface area contributed by atoms with Crippen LogP contribution in [-0.2, 0) is 0 Å². The van der Waals surface area contributed by atoms with Gasteiger partial charge in [-0.2, -0.15) is 10.2 Å². The second kappa shape index (κ2) is 5.45.